The van der Waals surface area contributed by atoms with Crippen LogP contribution in [0.4, 0.5) is 0 Å². The molecule has 0 aromatic heterocycles. The molecule has 1 aromatic rings. The van der Waals surface area contributed by atoms with Crippen LogP contribution in [0.2, 0.25) is 0 Å². The normalized spacial score (nSPS) is 16.4. The van der Waals surface area contributed by atoms with E-state index in [2.05, 4.69) is 10.2 Å². The first-order chi connectivity index (χ1) is 13.7. The number of hydrogen-bond acceptors (Lipinski definition) is 6. The summed E-state index contributed by atoms with van der Waals surface area (Å²) in [4.78, 5) is 29.5. The number of nitrogens with one attached hydrogen (secondary N) is 1. The summed E-state index contributed by atoms with van der Waals surface area (Å²) in [6, 6.07) is 6.76. The summed E-state index contributed by atoms with van der Waals surface area (Å²) >= 11 is 1.64. The van der Waals surface area contributed by atoms with Crippen LogP contribution < -0.4 is 5.32 Å². The van der Waals surface area contributed by atoms with Crippen LogP contribution in [0.3, 0.4) is 0 Å². The van der Waals surface area contributed by atoms with E-state index in [1.165, 1.54) is 6.26 Å². The van der Waals surface area contributed by atoms with Gasteiger partial charge in [0.15, 0.2) is 0 Å². The minimum atomic E-state index is -2.99. The molecule has 0 spiro atoms. The minimum Gasteiger partial charge on any atom is -0.340 e. The van der Waals surface area contributed by atoms with Gasteiger partial charge in [-0.1, -0.05) is 17.7 Å². The fourth-order valence-corrected chi connectivity index (χ4v) is 4.29. The van der Waals surface area contributed by atoms with E-state index in [0.29, 0.717) is 44.7 Å². The predicted molar refractivity (Wildman–Crippen MR) is 118 cm³/mol. The van der Waals surface area contributed by atoms with Gasteiger partial charge >= 0.3 is 0 Å². The summed E-state index contributed by atoms with van der Waals surface area (Å²) in [7, 11) is -2.99. The number of carbonyl (C=O) groups is 2. The topological polar surface area (TPSA) is 86.8 Å². The van der Waals surface area contributed by atoms with Gasteiger partial charge in [0.2, 0.25) is 5.91 Å². The molecule has 1 saturated heterocycles. The number of amides is 2. The van der Waals surface area contributed by atoms with Crippen LogP contribution in [0, 0.1) is 6.92 Å². The fourth-order valence-electron chi connectivity index (χ4n) is 3.23. The molecule has 0 aliphatic carbocycles. The van der Waals surface area contributed by atoms with E-state index < -0.39 is 15.9 Å². The molecule has 1 aliphatic rings. The third-order valence-electron chi connectivity index (χ3n) is 4.96. The Kier molecular flexibility index (Phi) is 8.98. The van der Waals surface area contributed by atoms with E-state index in [-0.39, 0.29) is 17.6 Å². The van der Waals surface area contributed by atoms with Gasteiger partial charge in [0.25, 0.3) is 5.91 Å². The Balaban J connectivity index is 1.95. The Morgan fingerprint density at radius 1 is 1.21 bits per heavy atom. The zero-order valence-corrected chi connectivity index (χ0v) is 19.0. The molecule has 1 atom stereocenters. The lowest BCUT2D eigenvalue weighted by Crippen LogP contribution is -2.55. The van der Waals surface area contributed by atoms with E-state index in [9.17, 15) is 18.0 Å². The molecule has 2 amide bonds. The maximum absolute atomic E-state index is 13.0. The van der Waals surface area contributed by atoms with E-state index in [0.717, 1.165) is 11.3 Å². The van der Waals surface area contributed by atoms with Crippen LogP contribution in [0.25, 0.3) is 0 Å². The van der Waals surface area contributed by atoms with Gasteiger partial charge in [-0.05, 0) is 37.5 Å². The van der Waals surface area contributed by atoms with Crippen molar-refractivity contribution in [1.82, 2.24) is 15.1 Å². The summed E-state index contributed by atoms with van der Waals surface area (Å²) in [6.45, 7) is 4.78. The summed E-state index contributed by atoms with van der Waals surface area (Å²) < 4.78 is 22.7. The Morgan fingerprint density at radius 2 is 1.90 bits per heavy atom. The summed E-state index contributed by atoms with van der Waals surface area (Å²) in [5.74, 6) is 0.602. The van der Waals surface area contributed by atoms with Crippen LogP contribution in [-0.4, -0.2) is 92.8 Å². The minimum absolute atomic E-state index is 0.0668. The van der Waals surface area contributed by atoms with E-state index in [1.54, 1.807) is 22.7 Å². The summed E-state index contributed by atoms with van der Waals surface area (Å²) in [5, 5.41) is 2.91. The highest BCUT2D eigenvalue weighted by molar-refractivity contribution is 7.98. The third kappa shape index (κ3) is 7.98. The number of rotatable bonds is 9. The third-order valence-corrected chi connectivity index (χ3v) is 6.52. The SMILES string of the molecule is CSCCC(NC(=O)c1cccc(C)c1)C(=O)N1CCN(CCS(C)(=O)=O)CC1. The molecule has 9 heteroatoms. The molecule has 7 nitrogen and oxygen atoms in total. The van der Waals surface area contributed by atoms with Crippen LogP contribution in [0.5, 0.6) is 0 Å². The molecule has 1 unspecified atom stereocenters. The Morgan fingerprint density at radius 3 is 2.48 bits per heavy atom. The van der Waals surface area contributed by atoms with Crippen molar-refractivity contribution in [2.75, 3.05) is 56.7 Å². The largest absolute Gasteiger partial charge is 0.340 e. The van der Waals surface area contributed by atoms with Crippen LogP contribution in [0.15, 0.2) is 24.3 Å². The van der Waals surface area contributed by atoms with E-state index in [4.69, 9.17) is 0 Å². The number of sulfone groups is 1. The van der Waals surface area contributed by atoms with Crippen molar-refractivity contribution in [3.05, 3.63) is 35.4 Å². The zero-order valence-electron chi connectivity index (χ0n) is 17.4. The Labute approximate surface area is 178 Å². The molecule has 1 aromatic carbocycles. The molecule has 1 heterocycles. The standard InChI is InChI=1S/C20H31N3O4S2/c1-16-5-4-6-17(15-16)19(24)21-18(7-13-28-2)20(25)23-10-8-22(9-11-23)12-14-29(3,26)27/h4-6,15,18H,7-14H2,1-3H3,(H,21,24). The predicted octanol–water partition coefficient (Wildman–Crippen LogP) is 1.04. The quantitative estimate of drug-likeness (QED) is 0.616. The lowest BCUT2D eigenvalue weighted by molar-refractivity contribution is -0.135. The van der Waals surface area contributed by atoms with Crippen molar-refractivity contribution in [1.29, 1.82) is 0 Å². The van der Waals surface area contributed by atoms with Gasteiger partial charge in [0.1, 0.15) is 15.9 Å². The van der Waals surface area contributed by atoms with Gasteiger partial charge in [0.05, 0.1) is 5.75 Å². The van der Waals surface area contributed by atoms with Crippen molar-refractivity contribution in [2.45, 2.75) is 19.4 Å². The summed E-state index contributed by atoms with van der Waals surface area (Å²) in [5.41, 5.74) is 1.55. The van der Waals surface area contributed by atoms with Crippen LogP contribution in [0.1, 0.15) is 22.3 Å². The van der Waals surface area contributed by atoms with E-state index in [1.807, 2.05) is 31.4 Å². The summed E-state index contributed by atoms with van der Waals surface area (Å²) in [6.07, 6.45) is 3.79. The maximum Gasteiger partial charge on any atom is 0.251 e. The number of benzene rings is 1. The van der Waals surface area contributed by atoms with Gasteiger partial charge in [-0.2, -0.15) is 11.8 Å². The highest BCUT2D eigenvalue weighted by Crippen LogP contribution is 2.11. The number of carbonyl (C=O) groups excluding carboxylic acids is 2. The van der Waals surface area contributed by atoms with Gasteiger partial charge in [-0.15, -0.1) is 0 Å². The highest BCUT2D eigenvalue weighted by atomic mass is 32.2. The molecular formula is C20H31N3O4S2. The monoisotopic (exact) mass is 441 g/mol. The average Bonchev–Trinajstić information content (AvgIpc) is 2.68. The van der Waals surface area contributed by atoms with Crippen LogP contribution >= 0.6 is 11.8 Å². The number of hydrogen-bond donors (Lipinski definition) is 1. The molecule has 1 fully saturated rings. The first kappa shape index (κ1) is 23.7. The number of thioether (sulfide) groups is 1. The van der Waals surface area contributed by atoms with Crippen molar-refractivity contribution < 1.29 is 18.0 Å². The first-order valence-corrected chi connectivity index (χ1v) is 13.2. The van der Waals surface area contributed by atoms with Crippen molar-refractivity contribution in [3.8, 4) is 0 Å². The molecule has 162 valence electrons. The lowest BCUT2D eigenvalue weighted by Gasteiger charge is -2.36. The maximum atomic E-state index is 13.0. The van der Waals surface area contributed by atoms with Crippen molar-refractivity contribution >= 4 is 33.4 Å². The molecule has 1 N–H and O–H groups in total. The second kappa shape index (κ2) is 11.0. The molecule has 0 saturated carbocycles. The van der Waals surface area contributed by atoms with Crippen molar-refractivity contribution in [2.24, 2.45) is 0 Å². The average molecular weight is 442 g/mol. The highest BCUT2D eigenvalue weighted by Gasteiger charge is 2.28. The van der Waals surface area contributed by atoms with Gasteiger partial charge in [0, 0.05) is 44.5 Å². The van der Waals surface area contributed by atoms with Crippen molar-refractivity contribution in [3.63, 3.8) is 0 Å². The first-order valence-electron chi connectivity index (χ1n) is 9.75. The molecule has 2 rings (SSSR count). The van der Waals surface area contributed by atoms with E-state index >= 15 is 0 Å². The second-order valence-corrected chi connectivity index (χ2v) is 10.7. The zero-order chi connectivity index (χ0) is 21.4. The molecular weight excluding hydrogens is 410 g/mol. The number of piperazine rings is 1. The number of nitrogens with zero attached hydrogens (tertiary/aromatic N) is 2. The molecule has 29 heavy (non-hydrogen) atoms. The fraction of sp³-hybridized carbons (Fsp3) is 0.600. The second-order valence-electron chi connectivity index (χ2n) is 7.47. The Hall–Kier alpha value is -1.58. The van der Waals surface area contributed by atoms with Gasteiger partial charge in [-0.3, -0.25) is 14.5 Å². The van der Waals surface area contributed by atoms with Gasteiger partial charge in [-0.25, -0.2) is 8.42 Å². The smallest absolute Gasteiger partial charge is 0.251 e. The number of aryl methyl sites for hydroxylation is 1. The molecule has 0 radical (unpaired) electrons. The molecule has 0 bridgehead atoms. The Bertz CT molecular complexity index is 806. The van der Waals surface area contributed by atoms with Gasteiger partial charge < -0.3 is 10.2 Å². The van der Waals surface area contributed by atoms with Crippen LogP contribution in [-0.2, 0) is 14.6 Å². The molecule has 1 aliphatic heterocycles. The lowest BCUT2D eigenvalue weighted by atomic mass is 10.1.